The van der Waals surface area contributed by atoms with E-state index in [2.05, 4.69) is 14.8 Å². The molecular weight excluding hydrogens is 661 g/mol. The summed E-state index contributed by atoms with van der Waals surface area (Å²) in [6.45, 7) is 1.32. The smallest absolute Gasteiger partial charge is 0.395 e. The van der Waals surface area contributed by atoms with Crippen LogP contribution in [0.25, 0.3) is 10.9 Å². The number of nitrogens with zero attached hydrogens (tertiary/aromatic N) is 1. The molecule has 7 rings (SSSR count). The molecule has 4 aromatic carbocycles. The van der Waals surface area contributed by atoms with Gasteiger partial charge in [-0.2, -0.15) is 0 Å². The Balaban J connectivity index is 1.19. The molecule has 0 saturated heterocycles. The van der Waals surface area contributed by atoms with Crippen molar-refractivity contribution in [3.05, 3.63) is 125 Å². The minimum Gasteiger partial charge on any atom is -0.395 e. The van der Waals surface area contributed by atoms with E-state index in [4.69, 9.17) is 12.2 Å². The molecule has 8 nitrogen and oxygen atoms in total. The number of rotatable bonds is 14. The van der Waals surface area contributed by atoms with Crippen molar-refractivity contribution in [2.24, 2.45) is 0 Å². The summed E-state index contributed by atoms with van der Waals surface area (Å²) in [5, 5.41) is 14.4. The summed E-state index contributed by atoms with van der Waals surface area (Å²) >= 11 is 0. The summed E-state index contributed by atoms with van der Waals surface area (Å²) in [7, 11) is 0. The van der Waals surface area contributed by atoms with Gasteiger partial charge in [0.2, 0.25) is 5.91 Å². The third-order valence-corrected chi connectivity index (χ3v) is 9.24. The number of hydrogen-bond acceptors (Lipinski definition) is 6. The molecule has 2 N–H and O–H groups in total. The van der Waals surface area contributed by atoms with Gasteiger partial charge >= 0.3 is 6.29 Å². The number of carbonyl (C=O) groups excluding carboxylic acids is 1. The second-order valence-electron chi connectivity index (χ2n) is 13.6. The van der Waals surface area contributed by atoms with Crippen LogP contribution in [0.2, 0.25) is 0 Å². The Kier molecular flexibility index (Phi) is 8.62. The van der Waals surface area contributed by atoms with Crippen LogP contribution in [0, 0.1) is 5.82 Å². The first-order valence-corrected chi connectivity index (χ1v) is 16.7. The predicted octanol–water partition coefficient (Wildman–Crippen LogP) is 7.84. The zero-order valence-corrected chi connectivity index (χ0v) is 28.1. The Bertz CT molecular complexity index is 2120. The van der Waals surface area contributed by atoms with Crippen molar-refractivity contribution in [3.8, 4) is 11.5 Å². The first kappa shape index (κ1) is 32.1. The molecule has 1 aliphatic heterocycles. The van der Waals surface area contributed by atoms with Crippen molar-refractivity contribution < 1.29 is 44.8 Å². The van der Waals surface area contributed by atoms with Gasteiger partial charge in [0, 0.05) is 16.5 Å². The maximum atomic E-state index is 15.8. The number of amides is 1. The molecule has 0 bridgehead atoms. The van der Waals surface area contributed by atoms with E-state index in [9.17, 15) is 18.7 Å². The third-order valence-electron chi connectivity index (χ3n) is 9.24. The number of nitrogens with one attached hydrogen (secondary N) is 1. The Morgan fingerprint density at radius 2 is 1.59 bits per heavy atom. The molecule has 1 aliphatic carbocycles. The lowest BCUT2D eigenvalue weighted by Gasteiger charge is -2.28. The van der Waals surface area contributed by atoms with E-state index >= 15 is 4.39 Å². The summed E-state index contributed by atoms with van der Waals surface area (Å²) in [5.41, 5.74) is 0.438. The van der Waals surface area contributed by atoms with Crippen LogP contribution in [-0.2, 0) is 44.9 Å². The molecule has 11 heteroatoms. The molecule has 1 saturated carbocycles. The number of halogens is 3. The largest absolute Gasteiger partial charge is 0.586 e. The highest BCUT2D eigenvalue weighted by atomic mass is 19.3. The number of carbonyl (C=O) groups is 1. The molecule has 51 heavy (non-hydrogen) atoms. The molecular formula is C40H39F3N2O6. The first-order chi connectivity index (χ1) is 25.2. The number of aromatic nitrogens is 1. The highest BCUT2D eigenvalue weighted by Crippen LogP contribution is 2.52. The number of fused-ring (bicyclic) bond motifs is 2. The minimum atomic E-state index is -3.81. The zero-order chi connectivity index (χ0) is 37.6. The minimum absolute atomic E-state index is 0.00576. The van der Waals surface area contributed by atoms with E-state index in [1.54, 1.807) is 24.5 Å². The van der Waals surface area contributed by atoms with E-state index in [1.807, 2.05) is 60.7 Å². The molecule has 266 valence electrons. The SMILES string of the molecule is [2H]C([2H])(OCc1ccccc1)C(C)(C)c1cc2cc(F)c(NC(=O)C3(c4ccc5c(c4)OC(F)(F)O5)CC3)cc2n1CC(O)COCc1ccccc1. The first-order valence-electron chi connectivity index (χ1n) is 17.7. The van der Waals surface area contributed by atoms with Gasteiger partial charge in [0.1, 0.15) is 5.82 Å². The fourth-order valence-corrected chi connectivity index (χ4v) is 6.43. The molecule has 2 aliphatic rings. The fraction of sp³-hybridized carbons (Fsp3) is 0.325. The summed E-state index contributed by atoms with van der Waals surface area (Å²) in [6, 6.07) is 27.2. The number of hydrogen-bond donors (Lipinski definition) is 2. The van der Waals surface area contributed by atoms with Gasteiger partial charge in [0.05, 0.1) is 58.4 Å². The van der Waals surface area contributed by atoms with Gasteiger partial charge in [-0.25, -0.2) is 4.39 Å². The third kappa shape index (κ3) is 7.46. The Labute approximate surface area is 296 Å². The van der Waals surface area contributed by atoms with Crippen molar-refractivity contribution in [2.45, 2.75) is 69.7 Å². The van der Waals surface area contributed by atoms with Crippen molar-refractivity contribution >= 4 is 22.5 Å². The molecule has 1 fully saturated rings. The average molecular weight is 703 g/mol. The van der Waals surface area contributed by atoms with Crippen LogP contribution in [0.15, 0.2) is 97.1 Å². The lowest BCUT2D eigenvalue weighted by Crippen LogP contribution is -2.31. The number of benzene rings is 4. The number of alkyl halides is 2. The summed E-state index contributed by atoms with van der Waals surface area (Å²) in [6.07, 6.45) is -4.05. The van der Waals surface area contributed by atoms with E-state index in [0.717, 1.165) is 11.1 Å². The van der Waals surface area contributed by atoms with Gasteiger partial charge in [0.25, 0.3) is 0 Å². The number of ether oxygens (including phenoxy) is 4. The van der Waals surface area contributed by atoms with Crippen molar-refractivity contribution in [1.82, 2.24) is 4.57 Å². The maximum absolute atomic E-state index is 15.8. The lowest BCUT2D eigenvalue weighted by molar-refractivity contribution is -0.286. The topological polar surface area (TPSA) is 91.2 Å². The Hall–Kier alpha value is -4.84. The Morgan fingerprint density at radius 3 is 2.25 bits per heavy atom. The predicted molar refractivity (Wildman–Crippen MR) is 185 cm³/mol. The van der Waals surface area contributed by atoms with Gasteiger partial charge in [-0.3, -0.25) is 4.79 Å². The summed E-state index contributed by atoms with van der Waals surface area (Å²) < 4.78 is 83.7. The van der Waals surface area contributed by atoms with Gasteiger partial charge < -0.3 is 33.9 Å². The molecule has 1 atom stereocenters. The molecule has 2 heterocycles. The van der Waals surface area contributed by atoms with E-state index < -0.39 is 41.5 Å². The molecule has 0 radical (unpaired) electrons. The van der Waals surface area contributed by atoms with Gasteiger partial charge in [-0.1, -0.05) is 80.6 Å². The number of aliphatic hydroxyl groups is 1. The van der Waals surface area contributed by atoms with E-state index in [0.29, 0.717) is 35.0 Å². The van der Waals surface area contributed by atoms with Crippen molar-refractivity contribution in [3.63, 3.8) is 0 Å². The normalized spacial score (nSPS) is 17.1. The van der Waals surface area contributed by atoms with Crippen LogP contribution in [-0.4, -0.2) is 41.1 Å². The average Bonchev–Trinajstić information content (AvgIpc) is 3.78. The molecule has 1 aromatic heterocycles. The highest BCUT2D eigenvalue weighted by Gasteiger charge is 2.53. The van der Waals surface area contributed by atoms with Crippen LogP contribution in [0.1, 0.15) is 51.8 Å². The van der Waals surface area contributed by atoms with Crippen molar-refractivity contribution in [1.29, 1.82) is 0 Å². The summed E-state index contributed by atoms with van der Waals surface area (Å²) in [4.78, 5) is 13.8. The molecule has 1 amide bonds. The van der Waals surface area contributed by atoms with Gasteiger partial charge in [-0.15, -0.1) is 8.78 Å². The second-order valence-corrected chi connectivity index (χ2v) is 13.6. The van der Waals surface area contributed by atoms with Crippen LogP contribution < -0.4 is 14.8 Å². The molecule has 5 aromatic rings. The van der Waals surface area contributed by atoms with E-state index in [-0.39, 0.29) is 43.6 Å². The highest BCUT2D eigenvalue weighted by molar-refractivity contribution is 6.02. The molecule has 1 unspecified atom stereocenters. The molecule has 0 spiro atoms. The van der Waals surface area contributed by atoms with Crippen molar-refractivity contribution in [2.75, 3.05) is 18.5 Å². The van der Waals surface area contributed by atoms with Gasteiger partial charge in [0.15, 0.2) is 11.5 Å². The van der Waals surface area contributed by atoms with Crippen LogP contribution >= 0.6 is 0 Å². The van der Waals surface area contributed by atoms with Crippen LogP contribution in [0.4, 0.5) is 18.9 Å². The second kappa shape index (κ2) is 13.7. The number of aliphatic hydroxyl groups excluding tert-OH is 1. The summed E-state index contributed by atoms with van der Waals surface area (Å²) in [5.74, 6) is -1.59. The van der Waals surface area contributed by atoms with Crippen LogP contribution in [0.3, 0.4) is 0 Å². The fourth-order valence-electron chi connectivity index (χ4n) is 6.43. The lowest BCUT2D eigenvalue weighted by atomic mass is 9.90. The number of anilines is 1. The van der Waals surface area contributed by atoms with Crippen LogP contribution in [0.5, 0.6) is 11.5 Å². The quantitative estimate of drug-likeness (QED) is 0.123. The van der Waals surface area contributed by atoms with Gasteiger partial charge in [-0.05, 0) is 59.9 Å². The van der Waals surface area contributed by atoms with E-state index in [1.165, 1.54) is 30.3 Å². The monoisotopic (exact) mass is 702 g/mol. The zero-order valence-electron chi connectivity index (χ0n) is 30.1. The maximum Gasteiger partial charge on any atom is 0.586 e. The Morgan fingerprint density at radius 1 is 0.941 bits per heavy atom. The standard InChI is InChI=1S/C40H39F3N2O6/c1-38(2,25-49-23-27-11-7-4-8-12-27)36-18-28-17-31(41)32(20-33(28)45(36)21-30(46)24-48-22-26-9-5-3-6-10-26)44-37(47)39(15-16-39)29-13-14-34-35(19-29)51-40(42,43)50-34/h3-14,17-20,30,46H,15-16,21-25H2,1-2H3,(H,44,47)/i25D2.